The number of hydrogen-bond acceptors (Lipinski definition) is 3. The Balaban J connectivity index is 3.16. The molecule has 0 spiro atoms. The minimum Gasteiger partial charge on any atom is -0.225 e. The molecule has 1 aromatic heterocycles. The predicted molar refractivity (Wildman–Crippen MR) is 47.6 cm³/mol. The van der Waals surface area contributed by atoms with Crippen molar-refractivity contribution in [1.29, 1.82) is 10.5 Å². The molecule has 1 aromatic rings. The first kappa shape index (κ1) is 10.1. The van der Waals surface area contributed by atoms with Gasteiger partial charge in [-0.15, -0.1) is 0 Å². The first-order valence-corrected chi connectivity index (χ1v) is 4.07. The topological polar surface area (TPSA) is 60.5 Å². The van der Waals surface area contributed by atoms with Crippen molar-refractivity contribution in [3.05, 3.63) is 28.8 Å². The first-order valence-electron chi connectivity index (χ1n) is 4.07. The minimum atomic E-state index is -0.620. The lowest BCUT2D eigenvalue weighted by molar-refractivity contribution is 0.566. The first-order chi connectivity index (χ1) is 6.69. The van der Waals surface area contributed by atoms with Crippen molar-refractivity contribution in [2.75, 3.05) is 0 Å². The van der Waals surface area contributed by atoms with Gasteiger partial charge in [-0.1, -0.05) is 0 Å². The second-order valence-electron chi connectivity index (χ2n) is 2.85. The summed E-state index contributed by atoms with van der Waals surface area (Å²) in [4.78, 5) is 3.64. The summed E-state index contributed by atoms with van der Waals surface area (Å²) in [6, 6.07) is 5.35. The zero-order valence-electron chi connectivity index (χ0n) is 7.71. The number of aryl methyl sites for hydroxylation is 1. The van der Waals surface area contributed by atoms with Crippen molar-refractivity contribution in [3.8, 4) is 12.1 Å². The Morgan fingerprint density at radius 3 is 2.43 bits per heavy atom. The number of nitriles is 2. The van der Waals surface area contributed by atoms with Gasteiger partial charge < -0.3 is 0 Å². The van der Waals surface area contributed by atoms with Gasteiger partial charge in [-0.2, -0.15) is 14.9 Å². The van der Waals surface area contributed by atoms with E-state index in [-0.39, 0.29) is 18.4 Å². The van der Waals surface area contributed by atoms with Crippen LogP contribution in [0.25, 0.3) is 0 Å². The maximum atomic E-state index is 13.1. The highest BCUT2D eigenvalue weighted by Crippen LogP contribution is 2.12. The van der Waals surface area contributed by atoms with Crippen LogP contribution in [-0.2, 0) is 12.8 Å². The smallest absolute Gasteiger partial charge is 0.217 e. The van der Waals surface area contributed by atoms with Gasteiger partial charge in [0.25, 0.3) is 0 Å². The number of pyridine rings is 1. The minimum absolute atomic E-state index is 0.0163. The Morgan fingerprint density at radius 2 is 1.86 bits per heavy atom. The average Bonchev–Trinajstić information content (AvgIpc) is 2.14. The Bertz CT molecular complexity index is 389. The molecular formula is C10H8FN3. The Labute approximate surface area is 81.4 Å². The third-order valence-corrected chi connectivity index (χ3v) is 1.88. The summed E-state index contributed by atoms with van der Waals surface area (Å²) in [5, 5.41) is 16.9. The molecule has 1 rings (SSSR count). The molecule has 0 aromatic carbocycles. The number of hydrogen-bond donors (Lipinski definition) is 0. The number of halogens is 1. The van der Waals surface area contributed by atoms with Crippen LogP contribution in [0.2, 0.25) is 0 Å². The molecule has 0 saturated heterocycles. The van der Waals surface area contributed by atoms with Crippen molar-refractivity contribution >= 4 is 0 Å². The molecule has 70 valence electrons. The summed E-state index contributed by atoms with van der Waals surface area (Å²) >= 11 is 0. The number of rotatable bonds is 2. The summed E-state index contributed by atoms with van der Waals surface area (Å²) in [7, 11) is 0. The van der Waals surface area contributed by atoms with Gasteiger partial charge in [-0.25, -0.2) is 4.98 Å². The summed E-state index contributed by atoms with van der Waals surface area (Å²) in [5.41, 5.74) is 1.44. The van der Waals surface area contributed by atoms with E-state index in [0.29, 0.717) is 11.3 Å². The molecule has 0 bridgehead atoms. The zero-order chi connectivity index (χ0) is 10.6. The third kappa shape index (κ3) is 2.05. The summed E-state index contributed by atoms with van der Waals surface area (Å²) in [5.74, 6) is -0.620. The molecule has 0 unspecified atom stereocenters. The molecule has 0 aliphatic rings. The maximum Gasteiger partial charge on any atom is 0.217 e. The third-order valence-electron chi connectivity index (χ3n) is 1.88. The van der Waals surface area contributed by atoms with E-state index in [9.17, 15) is 4.39 Å². The van der Waals surface area contributed by atoms with Crippen molar-refractivity contribution in [3.63, 3.8) is 0 Å². The lowest BCUT2D eigenvalue weighted by atomic mass is 10.1. The van der Waals surface area contributed by atoms with E-state index in [1.165, 1.54) is 6.07 Å². The lowest BCUT2D eigenvalue weighted by Crippen LogP contribution is -2.00. The van der Waals surface area contributed by atoms with Gasteiger partial charge in [0.05, 0.1) is 25.0 Å². The molecule has 0 aliphatic carbocycles. The fraction of sp³-hybridized carbons (Fsp3) is 0.300. The second-order valence-corrected chi connectivity index (χ2v) is 2.85. The predicted octanol–water partition coefficient (Wildman–Crippen LogP) is 1.66. The van der Waals surface area contributed by atoms with Gasteiger partial charge in [0, 0.05) is 11.3 Å². The van der Waals surface area contributed by atoms with Crippen LogP contribution >= 0.6 is 0 Å². The van der Waals surface area contributed by atoms with Crippen molar-refractivity contribution in [1.82, 2.24) is 4.98 Å². The van der Waals surface area contributed by atoms with Gasteiger partial charge in [0.15, 0.2) is 0 Å². The number of nitrogens with zero attached hydrogens (tertiary/aromatic N) is 3. The van der Waals surface area contributed by atoms with Crippen LogP contribution in [0, 0.1) is 35.5 Å². The Kier molecular flexibility index (Phi) is 3.14. The summed E-state index contributed by atoms with van der Waals surface area (Å²) in [6.07, 6.45) is 0.176. The van der Waals surface area contributed by atoms with Gasteiger partial charge in [-0.05, 0) is 18.6 Å². The molecule has 0 atom stereocenters. The lowest BCUT2D eigenvalue weighted by Gasteiger charge is -2.03. The van der Waals surface area contributed by atoms with E-state index in [4.69, 9.17) is 10.5 Å². The van der Waals surface area contributed by atoms with Crippen LogP contribution in [0.4, 0.5) is 4.39 Å². The molecule has 0 fully saturated rings. The van der Waals surface area contributed by atoms with Crippen LogP contribution in [0.3, 0.4) is 0 Å². The van der Waals surface area contributed by atoms with Crippen LogP contribution in [0.1, 0.15) is 16.8 Å². The largest absolute Gasteiger partial charge is 0.225 e. The summed E-state index contributed by atoms with van der Waals surface area (Å²) < 4.78 is 13.1. The standard InChI is InChI=1S/C10H8FN3/c1-7-8(2-4-12)6-9(3-5-13)10(11)14-7/h6H,2-3H2,1H3. The number of aromatic nitrogens is 1. The summed E-state index contributed by atoms with van der Waals surface area (Å²) in [6.45, 7) is 1.64. The van der Waals surface area contributed by atoms with E-state index < -0.39 is 5.95 Å². The molecule has 4 heteroatoms. The quantitative estimate of drug-likeness (QED) is 0.664. The van der Waals surface area contributed by atoms with Crippen LogP contribution in [0.15, 0.2) is 6.07 Å². The molecule has 14 heavy (non-hydrogen) atoms. The fourth-order valence-electron chi connectivity index (χ4n) is 1.14. The molecule has 0 saturated carbocycles. The van der Waals surface area contributed by atoms with E-state index in [1.807, 2.05) is 12.1 Å². The second kappa shape index (κ2) is 4.34. The molecule has 0 N–H and O–H groups in total. The highest BCUT2D eigenvalue weighted by Gasteiger charge is 2.08. The highest BCUT2D eigenvalue weighted by atomic mass is 19.1. The van der Waals surface area contributed by atoms with Crippen molar-refractivity contribution < 1.29 is 4.39 Å². The Hall–Kier alpha value is -1.94. The molecule has 1 heterocycles. The average molecular weight is 189 g/mol. The molecule has 0 radical (unpaired) electrons. The van der Waals surface area contributed by atoms with Crippen molar-refractivity contribution in [2.45, 2.75) is 19.8 Å². The fourth-order valence-corrected chi connectivity index (χ4v) is 1.14. The molecule has 0 amide bonds. The van der Waals surface area contributed by atoms with Gasteiger partial charge in [-0.3, -0.25) is 0 Å². The van der Waals surface area contributed by atoms with E-state index >= 15 is 0 Å². The molecule has 0 aliphatic heterocycles. The highest BCUT2D eigenvalue weighted by molar-refractivity contribution is 5.29. The van der Waals surface area contributed by atoms with Gasteiger partial charge >= 0.3 is 0 Å². The Morgan fingerprint density at radius 1 is 1.29 bits per heavy atom. The van der Waals surface area contributed by atoms with Crippen LogP contribution < -0.4 is 0 Å². The van der Waals surface area contributed by atoms with E-state index in [1.54, 1.807) is 6.92 Å². The van der Waals surface area contributed by atoms with E-state index in [0.717, 1.165) is 0 Å². The van der Waals surface area contributed by atoms with Crippen molar-refractivity contribution in [2.24, 2.45) is 0 Å². The maximum absolute atomic E-state index is 13.1. The molecular weight excluding hydrogens is 181 g/mol. The van der Waals surface area contributed by atoms with Crippen LogP contribution in [-0.4, -0.2) is 4.98 Å². The zero-order valence-corrected chi connectivity index (χ0v) is 7.71. The van der Waals surface area contributed by atoms with E-state index in [2.05, 4.69) is 4.98 Å². The van der Waals surface area contributed by atoms with Crippen LogP contribution in [0.5, 0.6) is 0 Å². The van der Waals surface area contributed by atoms with Gasteiger partial charge in [0.1, 0.15) is 0 Å². The monoisotopic (exact) mass is 189 g/mol. The van der Waals surface area contributed by atoms with Gasteiger partial charge in [0.2, 0.25) is 5.95 Å². The SMILES string of the molecule is Cc1nc(F)c(CC#N)cc1CC#N. The molecule has 3 nitrogen and oxygen atoms in total. The normalized spacial score (nSPS) is 9.14.